The summed E-state index contributed by atoms with van der Waals surface area (Å²) in [5, 5.41) is 7.21. The second-order valence-corrected chi connectivity index (χ2v) is 4.83. The molecule has 0 amide bonds. The number of aryl methyl sites for hydroxylation is 1. The number of hydrogen-bond donors (Lipinski definition) is 1. The molecule has 16 heavy (non-hydrogen) atoms. The average molecular weight is 243 g/mol. The fourth-order valence-corrected chi connectivity index (χ4v) is 2.13. The number of hydrogen-bond acceptors (Lipinski definition) is 5. The van der Waals surface area contributed by atoms with Crippen molar-refractivity contribution < 1.29 is 9.53 Å². The van der Waals surface area contributed by atoms with Gasteiger partial charge in [-0.25, -0.2) is 4.98 Å². The highest BCUT2D eigenvalue weighted by Crippen LogP contribution is 2.26. The molecule has 6 heteroatoms. The standard InChI is InChI=1S/C10H17N3O2S/c1-5-7-11-10(13-12-7)16-8(6(2)3)9(14)15-4/h6,8H,5H2,1-4H3,(H,11,12,13)/t8-/m1/s1. The molecule has 0 bridgehead atoms. The van der Waals surface area contributed by atoms with Crippen molar-refractivity contribution in [1.82, 2.24) is 15.2 Å². The summed E-state index contributed by atoms with van der Waals surface area (Å²) in [5.74, 6) is 0.777. The van der Waals surface area contributed by atoms with Gasteiger partial charge in [0.2, 0.25) is 5.16 Å². The van der Waals surface area contributed by atoms with Crippen LogP contribution in [-0.2, 0) is 16.0 Å². The van der Waals surface area contributed by atoms with E-state index in [2.05, 4.69) is 15.2 Å². The van der Waals surface area contributed by atoms with E-state index in [0.29, 0.717) is 5.16 Å². The molecule has 0 aliphatic carbocycles. The van der Waals surface area contributed by atoms with E-state index in [9.17, 15) is 4.79 Å². The number of esters is 1. The molecule has 90 valence electrons. The number of carbonyl (C=O) groups excluding carboxylic acids is 1. The molecule has 1 heterocycles. The lowest BCUT2D eigenvalue weighted by molar-refractivity contribution is -0.140. The van der Waals surface area contributed by atoms with E-state index in [1.807, 2.05) is 20.8 Å². The summed E-state index contributed by atoms with van der Waals surface area (Å²) >= 11 is 1.34. The fourth-order valence-electron chi connectivity index (χ4n) is 1.17. The first kappa shape index (κ1) is 13.0. The second-order valence-electron chi connectivity index (χ2n) is 3.72. The van der Waals surface area contributed by atoms with Crippen molar-refractivity contribution in [1.29, 1.82) is 0 Å². The van der Waals surface area contributed by atoms with Crippen LogP contribution >= 0.6 is 11.8 Å². The van der Waals surface area contributed by atoms with Gasteiger partial charge in [0.1, 0.15) is 11.1 Å². The van der Waals surface area contributed by atoms with E-state index in [1.54, 1.807) is 0 Å². The van der Waals surface area contributed by atoms with E-state index < -0.39 is 0 Å². The van der Waals surface area contributed by atoms with Crippen molar-refractivity contribution >= 4 is 17.7 Å². The monoisotopic (exact) mass is 243 g/mol. The van der Waals surface area contributed by atoms with Crippen LogP contribution in [0.2, 0.25) is 0 Å². The van der Waals surface area contributed by atoms with E-state index in [0.717, 1.165) is 12.2 Å². The number of rotatable bonds is 5. The first-order valence-electron chi connectivity index (χ1n) is 5.24. The zero-order valence-corrected chi connectivity index (χ0v) is 10.8. The van der Waals surface area contributed by atoms with Crippen LogP contribution in [0.15, 0.2) is 5.16 Å². The maximum atomic E-state index is 11.5. The van der Waals surface area contributed by atoms with Crippen LogP contribution in [-0.4, -0.2) is 33.5 Å². The number of aromatic amines is 1. The van der Waals surface area contributed by atoms with Gasteiger partial charge in [0.15, 0.2) is 0 Å². The zero-order valence-electron chi connectivity index (χ0n) is 9.98. The second kappa shape index (κ2) is 5.89. The molecule has 1 aromatic rings. The molecule has 1 rings (SSSR count). The third kappa shape index (κ3) is 3.23. The molecular formula is C10H17N3O2S. The van der Waals surface area contributed by atoms with Crippen LogP contribution in [0.5, 0.6) is 0 Å². The first-order valence-corrected chi connectivity index (χ1v) is 6.12. The predicted molar refractivity (Wildman–Crippen MR) is 62.3 cm³/mol. The normalized spacial score (nSPS) is 12.8. The molecule has 0 fully saturated rings. The molecule has 5 nitrogen and oxygen atoms in total. The number of nitrogens with zero attached hydrogens (tertiary/aromatic N) is 2. The predicted octanol–water partition coefficient (Wildman–Crippen LogP) is 1.66. The van der Waals surface area contributed by atoms with E-state index >= 15 is 0 Å². The summed E-state index contributed by atoms with van der Waals surface area (Å²) in [6.07, 6.45) is 0.804. The van der Waals surface area contributed by atoms with Crippen LogP contribution < -0.4 is 0 Å². The Morgan fingerprint density at radius 2 is 2.25 bits per heavy atom. The third-order valence-electron chi connectivity index (χ3n) is 2.12. The lowest BCUT2D eigenvalue weighted by atomic mass is 10.1. The maximum absolute atomic E-state index is 11.5. The van der Waals surface area contributed by atoms with Gasteiger partial charge in [0.05, 0.1) is 7.11 Å². The molecule has 0 spiro atoms. The third-order valence-corrected chi connectivity index (χ3v) is 3.50. The Bertz CT molecular complexity index is 352. The minimum absolute atomic E-state index is 0.182. The van der Waals surface area contributed by atoms with Crippen LogP contribution in [0.1, 0.15) is 26.6 Å². The molecule has 1 aromatic heterocycles. The number of thioether (sulfide) groups is 1. The zero-order chi connectivity index (χ0) is 12.1. The number of nitrogens with one attached hydrogen (secondary N) is 1. The number of methoxy groups -OCH3 is 1. The Kier molecular flexibility index (Phi) is 4.79. The quantitative estimate of drug-likeness (QED) is 0.629. The average Bonchev–Trinajstić information content (AvgIpc) is 2.72. The van der Waals surface area contributed by atoms with Gasteiger partial charge in [-0.3, -0.25) is 9.89 Å². The van der Waals surface area contributed by atoms with Gasteiger partial charge in [0.25, 0.3) is 0 Å². The Balaban J connectivity index is 2.71. The molecule has 1 atom stereocenters. The van der Waals surface area contributed by atoms with Crippen LogP contribution in [0.3, 0.4) is 0 Å². The molecule has 0 saturated heterocycles. The minimum atomic E-state index is -0.259. The maximum Gasteiger partial charge on any atom is 0.319 e. The molecule has 0 aliphatic heterocycles. The number of aromatic nitrogens is 3. The van der Waals surface area contributed by atoms with Gasteiger partial charge >= 0.3 is 5.97 Å². The van der Waals surface area contributed by atoms with Crippen molar-refractivity contribution in [2.45, 2.75) is 37.6 Å². The highest BCUT2D eigenvalue weighted by atomic mass is 32.2. The van der Waals surface area contributed by atoms with Crippen molar-refractivity contribution in [2.75, 3.05) is 7.11 Å². The van der Waals surface area contributed by atoms with Crippen molar-refractivity contribution in [3.63, 3.8) is 0 Å². The molecule has 0 radical (unpaired) electrons. The molecule has 0 saturated carbocycles. The van der Waals surface area contributed by atoms with Gasteiger partial charge in [-0.1, -0.05) is 32.5 Å². The first-order chi connectivity index (χ1) is 7.58. The van der Waals surface area contributed by atoms with E-state index in [4.69, 9.17) is 4.74 Å². The summed E-state index contributed by atoms with van der Waals surface area (Å²) in [6.45, 7) is 5.94. The van der Waals surface area contributed by atoms with Crippen LogP contribution in [0.25, 0.3) is 0 Å². The highest BCUT2D eigenvalue weighted by Gasteiger charge is 2.25. The Hall–Kier alpha value is -1.04. The number of ether oxygens (including phenoxy) is 1. The molecule has 0 unspecified atom stereocenters. The summed E-state index contributed by atoms with van der Waals surface area (Å²) in [7, 11) is 1.40. The van der Waals surface area contributed by atoms with Crippen LogP contribution in [0, 0.1) is 5.92 Å². The van der Waals surface area contributed by atoms with Crippen LogP contribution in [0.4, 0.5) is 0 Å². The molecule has 0 aromatic carbocycles. The van der Waals surface area contributed by atoms with Gasteiger partial charge in [-0.15, -0.1) is 5.10 Å². The van der Waals surface area contributed by atoms with E-state index in [1.165, 1.54) is 18.9 Å². The number of carbonyl (C=O) groups is 1. The fraction of sp³-hybridized carbons (Fsp3) is 0.700. The van der Waals surface area contributed by atoms with Crippen molar-refractivity contribution in [2.24, 2.45) is 5.92 Å². The topological polar surface area (TPSA) is 67.9 Å². The van der Waals surface area contributed by atoms with Crippen molar-refractivity contribution in [3.8, 4) is 0 Å². The summed E-state index contributed by atoms with van der Waals surface area (Å²) in [5.41, 5.74) is 0. The minimum Gasteiger partial charge on any atom is -0.468 e. The van der Waals surface area contributed by atoms with Gasteiger partial charge in [-0.05, 0) is 5.92 Å². The van der Waals surface area contributed by atoms with Gasteiger partial charge in [0, 0.05) is 6.42 Å². The summed E-state index contributed by atoms with van der Waals surface area (Å²) < 4.78 is 4.75. The Morgan fingerprint density at radius 3 is 2.69 bits per heavy atom. The van der Waals surface area contributed by atoms with Gasteiger partial charge in [-0.2, -0.15) is 0 Å². The Labute approximate surface area is 99.4 Å². The largest absolute Gasteiger partial charge is 0.468 e. The number of H-pyrrole nitrogens is 1. The molecule has 1 N–H and O–H groups in total. The smallest absolute Gasteiger partial charge is 0.319 e. The van der Waals surface area contributed by atoms with Crippen molar-refractivity contribution in [3.05, 3.63) is 5.82 Å². The van der Waals surface area contributed by atoms with Gasteiger partial charge < -0.3 is 4.74 Å². The summed E-state index contributed by atoms with van der Waals surface area (Å²) in [6, 6.07) is 0. The van der Waals surface area contributed by atoms with E-state index in [-0.39, 0.29) is 17.1 Å². The summed E-state index contributed by atoms with van der Waals surface area (Å²) in [4.78, 5) is 15.8. The molecular weight excluding hydrogens is 226 g/mol. The lowest BCUT2D eigenvalue weighted by Gasteiger charge is -2.15. The highest BCUT2D eigenvalue weighted by molar-refractivity contribution is 8.00. The molecule has 0 aliphatic rings. The lowest BCUT2D eigenvalue weighted by Crippen LogP contribution is -2.24. The SMILES string of the molecule is CCc1nc(S[C@@H](C(=O)OC)C(C)C)n[nH]1. The Morgan fingerprint density at radius 1 is 1.56 bits per heavy atom.